The number of aryl methyl sites for hydroxylation is 1. The van der Waals surface area contributed by atoms with E-state index in [1.165, 1.54) is 0 Å². The highest BCUT2D eigenvalue weighted by Crippen LogP contribution is 2.28. The molecule has 0 amide bonds. The fraction of sp³-hybridized carbons (Fsp3) is 0.565. The Hall–Kier alpha value is -2.82. The van der Waals surface area contributed by atoms with Crippen molar-refractivity contribution in [2.24, 2.45) is 0 Å². The van der Waals surface area contributed by atoms with E-state index in [-0.39, 0.29) is 0 Å². The van der Waals surface area contributed by atoms with Gasteiger partial charge in [0.1, 0.15) is 17.2 Å². The number of rotatable bonds is 13. The van der Waals surface area contributed by atoms with Crippen LogP contribution < -0.4 is 16.0 Å². The first-order chi connectivity index (χ1) is 16.1. The Kier molecular flexibility index (Phi) is 9.79. The highest BCUT2D eigenvalue weighted by atomic mass is 16.5. The number of hydrogen-bond donors (Lipinski definition) is 4. The molecule has 1 saturated heterocycles. The van der Waals surface area contributed by atoms with E-state index in [0.29, 0.717) is 67.4 Å². The van der Waals surface area contributed by atoms with Crippen LogP contribution in [0.15, 0.2) is 18.2 Å². The van der Waals surface area contributed by atoms with Crippen LogP contribution in [0.4, 0.5) is 23.3 Å². The quantitative estimate of drug-likeness (QED) is 0.266. The summed E-state index contributed by atoms with van der Waals surface area (Å²) in [5.41, 5.74) is 2.61. The zero-order chi connectivity index (χ0) is 23.5. The summed E-state index contributed by atoms with van der Waals surface area (Å²) in [5.74, 6) is 1.76. The van der Waals surface area contributed by atoms with Crippen molar-refractivity contribution in [2.45, 2.75) is 27.2 Å². The number of morpholine rings is 1. The molecule has 0 saturated carbocycles. The maximum Gasteiger partial charge on any atom is 0.225 e. The van der Waals surface area contributed by atoms with Gasteiger partial charge in [-0.15, -0.1) is 0 Å². The lowest BCUT2D eigenvalue weighted by atomic mass is 10.1. The molecule has 1 aliphatic heterocycles. The second-order valence-corrected chi connectivity index (χ2v) is 7.75. The summed E-state index contributed by atoms with van der Waals surface area (Å²) in [4.78, 5) is 16.3. The van der Waals surface area contributed by atoms with Crippen LogP contribution in [0, 0.1) is 12.3 Å². The molecule has 0 radical (unpaired) electrons. The Morgan fingerprint density at radius 3 is 2.67 bits per heavy atom. The number of aromatic nitrogens is 3. The Bertz CT molecular complexity index is 902. The number of anilines is 4. The van der Waals surface area contributed by atoms with Gasteiger partial charge in [0.15, 0.2) is 5.82 Å². The third-order valence-electron chi connectivity index (χ3n) is 5.25. The molecule has 1 aliphatic rings. The maximum atomic E-state index is 8.53. The molecule has 0 atom stereocenters. The van der Waals surface area contributed by atoms with Crippen molar-refractivity contribution in [3.8, 4) is 0 Å². The molecule has 10 heteroatoms. The van der Waals surface area contributed by atoms with Gasteiger partial charge in [0, 0.05) is 45.0 Å². The van der Waals surface area contributed by atoms with Crippen LogP contribution in [0.25, 0.3) is 0 Å². The summed E-state index contributed by atoms with van der Waals surface area (Å²) < 4.78 is 10.9. The number of ether oxygens (including phenoxy) is 2. The summed E-state index contributed by atoms with van der Waals surface area (Å²) in [6, 6.07) is 5.79. The van der Waals surface area contributed by atoms with Crippen molar-refractivity contribution >= 4 is 29.0 Å². The van der Waals surface area contributed by atoms with Crippen molar-refractivity contribution in [2.75, 3.05) is 75.1 Å². The molecule has 3 heterocycles. The van der Waals surface area contributed by atoms with Gasteiger partial charge in [0.05, 0.1) is 25.5 Å². The Labute approximate surface area is 196 Å². The minimum absolute atomic E-state index is 0.438. The molecule has 2 aromatic rings. The topological polar surface area (TPSA) is 120 Å². The fourth-order valence-electron chi connectivity index (χ4n) is 3.46. The van der Waals surface area contributed by atoms with E-state index in [1.807, 2.05) is 39.0 Å². The SMILES string of the molecule is CCOCCNc1c(Nc2cccc(C)n2)nc(NCCN2CCOCC2)nc1C(=N)CC. The van der Waals surface area contributed by atoms with Crippen LogP contribution in [0.1, 0.15) is 31.7 Å². The minimum Gasteiger partial charge on any atom is -0.380 e. The molecule has 0 bridgehead atoms. The molecule has 10 nitrogen and oxygen atoms in total. The van der Waals surface area contributed by atoms with Crippen LogP contribution in [-0.4, -0.2) is 84.7 Å². The average molecular weight is 457 g/mol. The number of pyridine rings is 1. The number of nitrogens with zero attached hydrogens (tertiary/aromatic N) is 4. The Morgan fingerprint density at radius 1 is 1.12 bits per heavy atom. The van der Waals surface area contributed by atoms with Gasteiger partial charge >= 0.3 is 0 Å². The van der Waals surface area contributed by atoms with Gasteiger partial charge in [-0.2, -0.15) is 4.98 Å². The molecule has 33 heavy (non-hydrogen) atoms. The molecular formula is C23H36N8O2. The predicted molar refractivity (Wildman–Crippen MR) is 132 cm³/mol. The lowest BCUT2D eigenvalue weighted by Crippen LogP contribution is -2.39. The zero-order valence-electron chi connectivity index (χ0n) is 19.9. The monoisotopic (exact) mass is 456 g/mol. The second kappa shape index (κ2) is 13.0. The van der Waals surface area contributed by atoms with Crippen molar-refractivity contribution in [3.05, 3.63) is 29.6 Å². The highest BCUT2D eigenvalue weighted by Gasteiger charge is 2.18. The molecule has 1 fully saturated rings. The Balaban J connectivity index is 1.84. The first-order valence-electron chi connectivity index (χ1n) is 11.7. The van der Waals surface area contributed by atoms with Crippen LogP contribution in [0.5, 0.6) is 0 Å². The first kappa shape index (κ1) is 24.8. The van der Waals surface area contributed by atoms with Crippen molar-refractivity contribution in [3.63, 3.8) is 0 Å². The van der Waals surface area contributed by atoms with Gasteiger partial charge in [-0.3, -0.25) is 4.90 Å². The molecule has 180 valence electrons. The smallest absolute Gasteiger partial charge is 0.225 e. The van der Waals surface area contributed by atoms with E-state index in [1.54, 1.807) is 0 Å². The third-order valence-corrected chi connectivity index (χ3v) is 5.25. The van der Waals surface area contributed by atoms with E-state index >= 15 is 0 Å². The average Bonchev–Trinajstić information content (AvgIpc) is 2.83. The first-order valence-corrected chi connectivity index (χ1v) is 11.7. The highest BCUT2D eigenvalue weighted by molar-refractivity contribution is 6.03. The molecule has 0 aromatic carbocycles. The zero-order valence-corrected chi connectivity index (χ0v) is 19.9. The summed E-state index contributed by atoms with van der Waals surface area (Å²) in [5, 5.41) is 18.6. The fourth-order valence-corrected chi connectivity index (χ4v) is 3.46. The van der Waals surface area contributed by atoms with Crippen LogP contribution in [0.2, 0.25) is 0 Å². The lowest BCUT2D eigenvalue weighted by Gasteiger charge is -2.26. The van der Waals surface area contributed by atoms with Gasteiger partial charge in [0.25, 0.3) is 0 Å². The van der Waals surface area contributed by atoms with Gasteiger partial charge in [-0.1, -0.05) is 13.0 Å². The second-order valence-electron chi connectivity index (χ2n) is 7.75. The maximum absolute atomic E-state index is 8.53. The molecule has 0 unspecified atom stereocenters. The summed E-state index contributed by atoms with van der Waals surface area (Å²) >= 11 is 0. The van der Waals surface area contributed by atoms with E-state index in [2.05, 4.69) is 25.8 Å². The van der Waals surface area contributed by atoms with Crippen molar-refractivity contribution in [1.82, 2.24) is 19.9 Å². The predicted octanol–water partition coefficient (Wildman–Crippen LogP) is 2.89. The van der Waals surface area contributed by atoms with Gasteiger partial charge in [-0.05, 0) is 32.4 Å². The molecule has 0 spiro atoms. The molecule has 3 rings (SSSR count). The molecular weight excluding hydrogens is 420 g/mol. The van der Waals surface area contributed by atoms with Gasteiger partial charge in [0.2, 0.25) is 5.95 Å². The summed E-state index contributed by atoms with van der Waals surface area (Å²) in [7, 11) is 0. The largest absolute Gasteiger partial charge is 0.380 e. The van der Waals surface area contributed by atoms with E-state index in [0.717, 1.165) is 38.5 Å². The summed E-state index contributed by atoms with van der Waals surface area (Å²) in [6.07, 6.45) is 0.562. The van der Waals surface area contributed by atoms with Crippen molar-refractivity contribution in [1.29, 1.82) is 5.41 Å². The molecule has 4 N–H and O–H groups in total. The van der Waals surface area contributed by atoms with Crippen LogP contribution in [-0.2, 0) is 9.47 Å². The Morgan fingerprint density at radius 2 is 1.94 bits per heavy atom. The number of hydrogen-bond acceptors (Lipinski definition) is 10. The number of nitrogens with one attached hydrogen (secondary N) is 4. The minimum atomic E-state index is 0.438. The van der Waals surface area contributed by atoms with E-state index in [4.69, 9.17) is 24.9 Å². The van der Waals surface area contributed by atoms with Gasteiger partial charge in [-0.25, -0.2) is 9.97 Å². The summed E-state index contributed by atoms with van der Waals surface area (Å²) in [6.45, 7) is 12.7. The van der Waals surface area contributed by atoms with E-state index < -0.39 is 0 Å². The normalized spacial score (nSPS) is 14.2. The van der Waals surface area contributed by atoms with Crippen LogP contribution >= 0.6 is 0 Å². The lowest BCUT2D eigenvalue weighted by molar-refractivity contribution is 0.0398. The van der Waals surface area contributed by atoms with Crippen molar-refractivity contribution < 1.29 is 9.47 Å². The molecule has 2 aromatic heterocycles. The van der Waals surface area contributed by atoms with Crippen LogP contribution in [0.3, 0.4) is 0 Å². The van der Waals surface area contributed by atoms with Gasteiger partial charge < -0.3 is 30.8 Å². The third kappa shape index (κ3) is 7.62. The molecule has 0 aliphatic carbocycles. The standard InChI is InChI=1S/C23H36N8O2/c1-4-18(24)20-21(25-10-14-32-5-2)22(28-19-8-6-7-17(3)27-19)30-23(29-20)26-9-11-31-12-15-33-16-13-31/h6-8,24-25H,4-5,9-16H2,1-3H3,(H2,26,27,28,29,30). The van der Waals surface area contributed by atoms with E-state index in [9.17, 15) is 0 Å².